The van der Waals surface area contributed by atoms with Crippen molar-refractivity contribution in [2.24, 2.45) is 18.7 Å². The van der Waals surface area contributed by atoms with Crippen LogP contribution in [0.15, 0.2) is 6.20 Å². The van der Waals surface area contributed by atoms with E-state index in [1.54, 1.807) is 0 Å². The predicted octanol–water partition coefficient (Wildman–Crippen LogP) is 1.73. The van der Waals surface area contributed by atoms with Crippen LogP contribution in [-0.2, 0) is 11.8 Å². The maximum atomic E-state index is 12.4. The fourth-order valence-electron chi connectivity index (χ4n) is 1.44. The lowest BCUT2D eigenvalue weighted by molar-refractivity contribution is -0.272. The van der Waals surface area contributed by atoms with Crippen LogP contribution in [0.1, 0.15) is 5.56 Å². The third kappa shape index (κ3) is 3.83. The number of amides is 1. The summed E-state index contributed by atoms with van der Waals surface area (Å²) in [6.45, 7) is 0. The quantitative estimate of drug-likeness (QED) is 0.652. The van der Waals surface area contributed by atoms with Crippen LogP contribution in [-0.4, -0.2) is 33.0 Å². The van der Waals surface area contributed by atoms with E-state index in [1.165, 1.54) is 12.4 Å². The highest BCUT2D eigenvalue weighted by atomic mass is 32.1. The lowest BCUT2D eigenvalue weighted by Crippen LogP contribution is -2.45. The van der Waals surface area contributed by atoms with E-state index >= 15 is 0 Å². The molecule has 0 bridgehead atoms. The van der Waals surface area contributed by atoms with Crippen molar-refractivity contribution < 1.29 is 31.1 Å². The minimum absolute atomic E-state index is 0.149. The van der Waals surface area contributed by atoms with Crippen molar-refractivity contribution in [3.63, 3.8) is 0 Å². The summed E-state index contributed by atoms with van der Waals surface area (Å²) >= 11 is 4.56. The first-order chi connectivity index (χ1) is 9.35. The predicted molar refractivity (Wildman–Crippen MR) is 63.3 cm³/mol. The second-order valence-corrected chi connectivity index (χ2v) is 4.34. The number of hydrogen-bond acceptors (Lipinski definition) is 3. The summed E-state index contributed by atoms with van der Waals surface area (Å²) in [5.41, 5.74) is 5.08. The Kier molecular flexibility index (Phi) is 4.51. The number of nitrogens with two attached hydrogens (primary N) is 1. The highest BCUT2D eigenvalue weighted by molar-refractivity contribution is 7.80. The SMILES string of the molecule is Cn1ncc(C(N)=S)c1NC(=O)C(C(F)(F)F)C(F)(F)F. The molecule has 0 aliphatic carbocycles. The smallest absolute Gasteiger partial charge is 0.389 e. The summed E-state index contributed by atoms with van der Waals surface area (Å²) in [6, 6.07) is 0. The van der Waals surface area contributed by atoms with Crippen molar-refractivity contribution in [2.45, 2.75) is 12.4 Å². The van der Waals surface area contributed by atoms with Crippen molar-refractivity contribution in [1.82, 2.24) is 9.78 Å². The number of anilines is 1. The number of nitrogens with one attached hydrogen (secondary N) is 1. The number of thiocarbonyl (C=S) groups is 1. The zero-order chi connectivity index (χ0) is 16.6. The van der Waals surface area contributed by atoms with Gasteiger partial charge in [-0.2, -0.15) is 31.4 Å². The molecule has 1 aromatic heterocycles. The Bertz CT molecular complexity index is 550. The van der Waals surface area contributed by atoms with Crippen molar-refractivity contribution >= 4 is 28.9 Å². The molecule has 1 heterocycles. The van der Waals surface area contributed by atoms with Crippen LogP contribution >= 0.6 is 12.2 Å². The lowest BCUT2D eigenvalue weighted by atomic mass is 10.1. The lowest BCUT2D eigenvalue weighted by Gasteiger charge is -2.22. The molecule has 118 valence electrons. The molecule has 1 amide bonds. The summed E-state index contributed by atoms with van der Waals surface area (Å²) in [6.07, 6.45) is -10.6. The van der Waals surface area contributed by atoms with Gasteiger partial charge in [0.2, 0.25) is 11.8 Å². The summed E-state index contributed by atoms with van der Waals surface area (Å²) in [4.78, 5) is 11.0. The molecule has 0 fully saturated rings. The molecule has 0 spiro atoms. The Labute approximate surface area is 119 Å². The van der Waals surface area contributed by atoms with E-state index in [-0.39, 0.29) is 10.6 Å². The first-order valence-corrected chi connectivity index (χ1v) is 5.52. The van der Waals surface area contributed by atoms with Gasteiger partial charge >= 0.3 is 12.4 Å². The molecule has 0 unspecified atom stereocenters. The molecule has 0 aromatic carbocycles. The highest BCUT2D eigenvalue weighted by Gasteiger charge is 2.61. The van der Waals surface area contributed by atoms with Crippen LogP contribution < -0.4 is 11.1 Å². The molecule has 1 aromatic rings. The van der Waals surface area contributed by atoms with Crippen LogP contribution in [0, 0.1) is 5.92 Å². The molecule has 0 aliphatic heterocycles. The second-order valence-electron chi connectivity index (χ2n) is 3.90. The van der Waals surface area contributed by atoms with Crippen molar-refractivity contribution in [2.75, 3.05) is 5.32 Å². The average molecular weight is 334 g/mol. The fourth-order valence-corrected chi connectivity index (χ4v) is 1.59. The van der Waals surface area contributed by atoms with E-state index in [1.807, 2.05) is 0 Å². The van der Waals surface area contributed by atoms with Crippen molar-refractivity contribution in [1.29, 1.82) is 0 Å². The molecule has 0 saturated carbocycles. The highest BCUT2D eigenvalue weighted by Crippen LogP contribution is 2.40. The zero-order valence-electron chi connectivity index (χ0n) is 10.2. The van der Waals surface area contributed by atoms with E-state index in [0.717, 1.165) is 10.9 Å². The first-order valence-electron chi connectivity index (χ1n) is 5.11. The van der Waals surface area contributed by atoms with Crippen LogP contribution in [0.2, 0.25) is 0 Å². The summed E-state index contributed by atoms with van der Waals surface area (Å²) in [5.74, 6) is -6.92. The number of carbonyl (C=O) groups is 1. The van der Waals surface area contributed by atoms with Gasteiger partial charge in [-0.25, -0.2) is 0 Å². The molecule has 3 N–H and O–H groups in total. The number of halogens is 6. The van der Waals surface area contributed by atoms with E-state index in [2.05, 4.69) is 17.3 Å². The van der Waals surface area contributed by atoms with Gasteiger partial charge in [-0.05, 0) is 0 Å². The maximum Gasteiger partial charge on any atom is 0.409 e. The number of aryl methyl sites for hydroxylation is 1. The van der Waals surface area contributed by atoms with E-state index in [9.17, 15) is 31.1 Å². The second kappa shape index (κ2) is 5.50. The molecule has 0 saturated heterocycles. The number of rotatable bonds is 3. The molecular formula is C9H8F6N4OS. The van der Waals surface area contributed by atoms with Crippen LogP contribution in [0.4, 0.5) is 32.2 Å². The van der Waals surface area contributed by atoms with Crippen LogP contribution in [0.25, 0.3) is 0 Å². The van der Waals surface area contributed by atoms with Gasteiger partial charge < -0.3 is 11.1 Å². The minimum Gasteiger partial charge on any atom is -0.389 e. The zero-order valence-corrected chi connectivity index (χ0v) is 11.0. The molecule has 0 radical (unpaired) electrons. The van der Waals surface area contributed by atoms with Gasteiger partial charge in [-0.1, -0.05) is 12.2 Å². The average Bonchev–Trinajstić information content (AvgIpc) is 2.55. The molecule has 1 rings (SSSR count). The fraction of sp³-hybridized carbons (Fsp3) is 0.444. The third-order valence-electron chi connectivity index (χ3n) is 2.36. The number of hydrogen-bond donors (Lipinski definition) is 2. The van der Waals surface area contributed by atoms with Crippen LogP contribution in [0.5, 0.6) is 0 Å². The van der Waals surface area contributed by atoms with E-state index in [4.69, 9.17) is 5.73 Å². The standard InChI is InChI=1S/C9H8F6N4OS/c1-19-6(3(2-17-19)5(16)21)18-7(20)4(8(10,11)12)9(13,14)15/h2,4H,1H3,(H2,16,21)(H,18,20). The maximum absolute atomic E-state index is 12.4. The molecule has 12 heteroatoms. The molecule has 0 atom stereocenters. The Morgan fingerprint density at radius 3 is 2.19 bits per heavy atom. The Morgan fingerprint density at radius 1 is 1.33 bits per heavy atom. The van der Waals surface area contributed by atoms with Gasteiger partial charge in [0.15, 0.2) is 0 Å². The van der Waals surface area contributed by atoms with Crippen LogP contribution in [0.3, 0.4) is 0 Å². The van der Waals surface area contributed by atoms with Crippen molar-refractivity contribution in [3.8, 4) is 0 Å². The Hall–Kier alpha value is -1.85. The Balaban J connectivity index is 3.15. The molecule has 5 nitrogen and oxygen atoms in total. The van der Waals surface area contributed by atoms with Gasteiger partial charge in [-0.3, -0.25) is 9.48 Å². The number of carbonyl (C=O) groups excluding carboxylic acids is 1. The van der Waals surface area contributed by atoms with Gasteiger partial charge in [0.25, 0.3) is 0 Å². The van der Waals surface area contributed by atoms with Gasteiger partial charge in [-0.15, -0.1) is 0 Å². The van der Waals surface area contributed by atoms with E-state index in [0.29, 0.717) is 0 Å². The normalized spacial score (nSPS) is 12.6. The van der Waals surface area contributed by atoms with Gasteiger partial charge in [0.1, 0.15) is 10.8 Å². The summed E-state index contributed by atoms with van der Waals surface area (Å²) < 4.78 is 75.2. The number of aromatic nitrogens is 2. The molecular weight excluding hydrogens is 326 g/mol. The summed E-state index contributed by atoms with van der Waals surface area (Å²) in [7, 11) is 1.19. The molecule has 0 aliphatic rings. The minimum atomic E-state index is -5.79. The van der Waals surface area contributed by atoms with Crippen molar-refractivity contribution in [3.05, 3.63) is 11.8 Å². The van der Waals surface area contributed by atoms with E-state index < -0.39 is 30.0 Å². The largest absolute Gasteiger partial charge is 0.409 e. The topological polar surface area (TPSA) is 72.9 Å². The monoisotopic (exact) mass is 334 g/mol. The summed E-state index contributed by atoms with van der Waals surface area (Å²) in [5, 5.41) is 5.05. The van der Waals surface area contributed by atoms with Gasteiger partial charge in [0.05, 0.1) is 11.8 Å². The third-order valence-corrected chi connectivity index (χ3v) is 2.58. The molecule has 21 heavy (non-hydrogen) atoms. The van der Waals surface area contributed by atoms with Gasteiger partial charge in [0, 0.05) is 7.05 Å². The number of alkyl halides is 6. The Morgan fingerprint density at radius 2 is 1.81 bits per heavy atom. The number of nitrogens with zero attached hydrogens (tertiary/aromatic N) is 2. The first kappa shape index (κ1) is 17.2.